The molecule has 14 heavy (non-hydrogen) atoms. The number of halogens is 3. The van der Waals surface area contributed by atoms with Crippen molar-refractivity contribution in [2.75, 3.05) is 6.61 Å². The Morgan fingerprint density at radius 2 is 1.93 bits per heavy atom. The van der Waals surface area contributed by atoms with Crippen molar-refractivity contribution >= 4 is 12.4 Å². The number of benzene rings is 1. The maximum atomic E-state index is 12.4. The van der Waals surface area contributed by atoms with Crippen LogP contribution >= 0.6 is 0 Å². The van der Waals surface area contributed by atoms with Crippen LogP contribution in [0.5, 0.6) is 5.75 Å². The normalized spacial score (nSPS) is 14.2. The van der Waals surface area contributed by atoms with E-state index in [4.69, 9.17) is 4.74 Å². The molecule has 1 aromatic rings. The molecule has 70 valence electrons. The average molecular weight is 226 g/mol. The van der Waals surface area contributed by atoms with E-state index in [-0.39, 0.29) is 57.1 Å². The minimum atomic E-state index is -4.94. The Kier molecular flexibility index (Phi) is 4.11. The van der Waals surface area contributed by atoms with Crippen molar-refractivity contribution in [3.05, 3.63) is 23.8 Å². The van der Waals surface area contributed by atoms with E-state index in [1.807, 2.05) is 0 Å². The van der Waals surface area contributed by atoms with E-state index in [2.05, 4.69) is 0 Å². The smallest absolute Gasteiger partial charge is 0.496 e. The summed E-state index contributed by atoms with van der Waals surface area (Å²) in [6.07, 6.45) is 0.579. The van der Waals surface area contributed by atoms with Gasteiger partial charge in [-0.05, 0) is 5.56 Å². The number of rotatable bonds is 1. The van der Waals surface area contributed by atoms with Crippen molar-refractivity contribution in [2.45, 2.75) is 6.42 Å². The van der Waals surface area contributed by atoms with Crippen LogP contribution in [-0.2, 0) is 6.42 Å². The zero-order valence-corrected chi connectivity index (χ0v) is 10.9. The molecular formula is C8H7BF3KO. The molecule has 0 N–H and O–H groups in total. The van der Waals surface area contributed by atoms with E-state index in [9.17, 15) is 12.9 Å². The van der Waals surface area contributed by atoms with Gasteiger partial charge in [0.15, 0.2) is 0 Å². The molecule has 1 nitrogen and oxygen atoms in total. The number of ether oxygens (including phenoxy) is 1. The summed E-state index contributed by atoms with van der Waals surface area (Å²) in [6.45, 7) is -4.58. The van der Waals surface area contributed by atoms with Gasteiger partial charge in [-0.3, -0.25) is 0 Å². The predicted octanol–water partition coefficient (Wildman–Crippen LogP) is -1.32. The van der Waals surface area contributed by atoms with E-state index < -0.39 is 12.4 Å². The van der Waals surface area contributed by atoms with Crippen LogP contribution in [0.25, 0.3) is 0 Å². The first-order chi connectivity index (χ1) is 6.09. The Balaban J connectivity index is 0.000000980. The average Bonchev–Trinajstić information content (AvgIpc) is 2.48. The van der Waals surface area contributed by atoms with Gasteiger partial charge in [-0.25, -0.2) is 0 Å². The summed E-state index contributed by atoms with van der Waals surface area (Å²) >= 11 is 0. The molecule has 1 heterocycles. The number of hydrogen-bond acceptors (Lipinski definition) is 1. The van der Waals surface area contributed by atoms with Crippen LogP contribution in [0.15, 0.2) is 18.2 Å². The maximum Gasteiger partial charge on any atom is 1.00 e. The van der Waals surface area contributed by atoms with Crippen molar-refractivity contribution in [3.63, 3.8) is 0 Å². The largest absolute Gasteiger partial charge is 1.00 e. The standard InChI is InChI=1S/C8H7BF3O.K/c10-9(11,12)7-3-1-2-6-4-5-13-8(6)7;/h1-3H,4-5H2;/q-1;+1. The van der Waals surface area contributed by atoms with Crippen molar-refractivity contribution in [1.29, 1.82) is 0 Å². The molecule has 0 aliphatic carbocycles. The molecule has 0 atom stereocenters. The zero-order valence-electron chi connectivity index (χ0n) is 7.77. The molecule has 0 aromatic heterocycles. The summed E-state index contributed by atoms with van der Waals surface area (Å²) in [7, 11) is 0. The zero-order chi connectivity index (χ0) is 9.47. The molecule has 0 fully saturated rings. The summed E-state index contributed by atoms with van der Waals surface area (Å²) in [5, 5.41) is 0. The second-order valence-corrected chi connectivity index (χ2v) is 3.01. The van der Waals surface area contributed by atoms with Gasteiger partial charge < -0.3 is 17.7 Å². The molecule has 0 bridgehead atoms. The van der Waals surface area contributed by atoms with Gasteiger partial charge in [0, 0.05) is 6.42 Å². The fraction of sp³-hybridized carbons (Fsp3) is 0.250. The molecule has 0 unspecified atom stereocenters. The third-order valence-electron chi connectivity index (χ3n) is 2.10. The number of hydrogen-bond donors (Lipinski definition) is 0. The first-order valence-corrected chi connectivity index (χ1v) is 4.03. The topological polar surface area (TPSA) is 9.23 Å². The third kappa shape index (κ3) is 2.36. The SMILES string of the molecule is F[B-](F)(F)c1cccc2c1OCC2.[K+]. The van der Waals surface area contributed by atoms with Gasteiger partial charge in [-0.2, -0.15) is 0 Å². The van der Waals surface area contributed by atoms with Gasteiger partial charge in [0.1, 0.15) is 0 Å². The molecule has 0 saturated heterocycles. The molecule has 2 rings (SSSR count). The van der Waals surface area contributed by atoms with Gasteiger partial charge in [-0.15, -0.1) is 0 Å². The van der Waals surface area contributed by atoms with Gasteiger partial charge in [-0.1, -0.05) is 23.7 Å². The van der Waals surface area contributed by atoms with E-state index >= 15 is 0 Å². The molecule has 0 spiro atoms. The van der Waals surface area contributed by atoms with E-state index in [0.717, 1.165) is 6.07 Å². The summed E-state index contributed by atoms with van der Waals surface area (Å²) in [5.41, 5.74) is 0.0618. The fourth-order valence-corrected chi connectivity index (χ4v) is 1.50. The van der Waals surface area contributed by atoms with Crippen molar-refractivity contribution in [3.8, 4) is 5.75 Å². The molecule has 6 heteroatoms. The molecule has 1 aliphatic rings. The summed E-state index contributed by atoms with van der Waals surface area (Å²) in [5.74, 6) is 0.0370. The van der Waals surface area contributed by atoms with Crippen LogP contribution in [-0.4, -0.2) is 13.6 Å². The van der Waals surface area contributed by atoms with E-state index in [1.165, 1.54) is 6.07 Å². The number of fused-ring (bicyclic) bond motifs is 1. The quantitative estimate of drug-likeness (QED) is 0.540. The minimum absolute atomic E-state index is 0. The van der Waals surface area contributed by atoms with Crippen LogP contribution in [0.3, 0.4) is 0 Å². The molecule has 1 aromatic carbocycles. The Morgan fingerprint density at radius 1 is 1.21 bits per heavy atom. The van der Waals surface area contributed by atoms with Crippen LogP contribution in [0, 0.1) is 0 Å². The van der Waals surface area contributed by atoms with E-state index in [1.54, 1.807) is 6.07 Å². The monoisotopic (exact) mass is 226 g/mol. The Morgan fingerprint density at radius 3 is 2.57 bits per heavy atom. The Bertz CT molecular complexity index is 340. The second-order valence-electron chi connectivity index (χ2n) is 3.01. The maximum absolute atomic E-state index is 12.4. The van der Waals surface area contributed by atoms with Crippen LogP contribution in [0.4, 0.5) is 12.9 Å². The van der Waals surface area contributed by atoms with Crippen LogP contribution in [0.1, 0.15) is 5.56 Å². The first kappa shape index (κ1) is 12.6. The molecule has 1 aliphatic heterocycles. The summed E-state index contributed by atoms with van der Waals surface area (Å²) < 4.78 is 42.2. The van der Waals surface area contributed by atoms with E-state index in [0.29, 0.717) is 18.6 Å². The fourth-order valence-electron chi connectivity index (χ4n) is 1.50. The Labute approximate surface area is 122 Å². The third-order valence-corrected chi connectivity index (χ3v) is 2.10. The van der Waals surface area contributed by atoms with Gasteiger partial charge in [0.25, 0.3) is 0 Å². The summed E-state index contributed by atoms with van der Waals surface area (Å²) in [6, 6.07) is 4.18. The van der Waals surface area contributed by atoms with Crippen molar-refractivity contribution in [2.24, 2.45) is 0 Å². The summed E-state index contributed by atoms with van der Waals surface area (Å²) in [4.78, 5) is 0. The molecule has 0 amide bonds. The first-order valence-electron chi connectivity index (χ1n) is 4.03. The van der Waals surface area contributed by atoms with Crippen LogP contribution < -0.4 is 61.6 Å². The van der Waals surface area contributed by atoms with Gasteiger partial charge >= 0.3 is 58.4 Å². The van der Waals surface area contributed by atoms with Gasteiger partial charge in [0.05, 0.1) is 12.4 Å². The van der Waals surface area contributed by atoms with Crippen molar-refractivity contribution in [1.82, 2.24) is 0 Å². The molecular weight excluding hydrogens is 219 g/mol. The van der Waals surface area contributed by atoms with Crippen molar-refractivity contribution < 1.29 is 69.1 Å². The van der Waals surface area contributed by atoms with Gasteiger partial charge in [0.2, 0.25) is 0 Å². The predicted molar refractivity (Wildman–Crippen MR) is 44.4 cm³/mol. The second kappa shape index (κ2) is 4.57. The minimum Gasteiger partial charge on any atom is -0.496 e. The Hall–Kier alpha value is 0.511. The molecule has 0 saturated carbocycles. The number of para-hydroxylation sites is 1. The van der Waals surface area contributed by atoms with Crippen LogP contribution in [0.2, 0.25) is 0 Å². The molecule has 0 radical (unpaired) electrons.